The van der Waals surface area contributed by atoms with E-state index in [0.717, 1.165) is 11.6 Å². The van der Waals surface area contributed by atoms with Crippen molar-refractivity contribution < 1.29 is 28.6 Å². The standard InChI is InChI=1S/C34H42ClN5O6Si/c1-44-33(42)36-25-13-14-26-27(20-25)37-31(41)12-7-5-6-11-29(32-38-28(26)21-39(32)22-45-17-18-47(2,3)4)40-16-15-30(46-34(40)43)23-9-8-10-24(35)19-23/h5-6,8-10,13-14,19-21,29-30H,7,11-12,15-18,22H2,1-4H3,(H,36,42)(H,37,41)/t29-,30?/m0/s1. The van der Waals surface area contributed by atoms with Crippen LogP contribution in [0, 0.1) is 0 Å². The van der Waals surface area contributed by atoms with E-state index in [4.69, 9.17) is 30.8 Å². The van der Waals surface area contributed by atoms with Gasteiger partial charge in [-0.05, 0) is 54.8 Å². The maximum Gasteiger partial charge on any atom is 0.411 e. The number of hydrogen-bond donors (Lipinski definition) is 2. The number of anilines is 2. The molecule has 13 heteroatoms. The van der Waals surface area contributed by atoms with E-state index < -0.39 is 32.4 Å². The summed E-state index contributed by atoms with van der Waals surface area (Å²) in [7, 11) is -0.0376. The quantitative estimate of drug-likeness (QED) is 0.140. The van der Waals surface area contributed by atoms with Gasteiger partial charge in [0.2, 0.25) is 5.91 Å². The highest BCUT2D eigenvalue weighted by atomic mass is 35.5. The number of nitrogens with one attached hydrogen (secondary N) is 2. The van der Waals surface area contributed by atoms with E-state index in [9.17, 15) is 14.4 Å². The van der Waals surface area contributed by atoms with Crippen molar-refractivity contribution in [3.05, 3.63) is 77.2 Å². The molecule has 2 aliphatic heterocycles. The summed E-state index contributed by atoms with van der Waals surface area (Å²) in [5, 5.41) is 6.23. The van der Waals surface area contributed by atoms with Crippen molar-refractivity contribution in [1.29, 1.82) is 0 Å². The zero-order chi connectivity index (χ0) is 33.6. The number of carbonyl (C=O) groups is 3. The van der Waals surface area contributed by atoms with Gasteiger partial charge in [-0.3, -0.25) is 15.0 Å². The van der Waals surface area contributed by atoms with Gasteiger partial charge in [-0.2, -0.15) is 0 Å². The first-order chi connectivity index (χ1) is 22.5. The van der Waals surface area contributed by atoms with E-state index in [0.29, 0.717) is 65.9 Å². The summed E-state index contributed by atoms with van der Waals surface area (Å²) >= 11 is 6.22. The zero-order valence-corrected chi connectivity index (χ0v) is 29.0. The third kappa shape index (κ3) is 9.02. The maximum absolute atomic E-state index is 13.7. The van der Waals surface area contributed by atoms with Gasteiger partial charge in [0.25, 0.3) is 0 Å². The highest BCUT2D eigenvalue weighted by Crippen LogP contribution is 2.37. The van der Waals surface area contributed by atoms with Crippen LogP contribution in [0.15, 0.2) is 60.8 Å². The number of imidazole rings is 1. The fourth-order valence-corrected chi connectivity index (χ4v) is 6.51. The predicted octanol–water partition coefficient (Wildman–Crippen LogP) is 8.00. The highest BCUT2D eigenvalue weighted by Gasteiger charge is 2.36. The first kappa shape index (κ1) is 34.2. The van der Waals surface area contributed by atoms with Crippen LogP contribution in [0.5, 0.6) is 0 Å². The van der Waals surface area contributed by atoms with Crippen LogP contribution in [-0.2, 0) is 25.7 Å². The average molecular weight is 680 g/mol. The van der Waals surface area contributed by atoms with E-state index in [1.807, 2.05) is 41.1 Å². The number of carbonyl (C=O) groups excluding carboxylic acids is 3. The van der Waals surface area contributed by atoms with Crippen LogP contribution >= 0.6 is 11.6 Å². The van der Waals surface area contributed by atoms with Crippen molar-refractivity contribution in [2.75, 3.05) is 30.9 Å². The topological polar surface area (TPSA) is 124 Å². The molecule has 2 aliphatic rings. The number of benzene rings is 2. The molecule has 5 rings (SSSR count). The Hall–Kier alpha value is -4.13. The molecule has 2 bridgehead atoms. The van der Waals surface area contributed by atoms with Crippen LogP contribution in [0.2, 0.25) is 30.7 Å². The van der Waals surface area contributed by atoms with Gasteiger partial charge in [-0.15, -0.1) is 0 Å². The number of amides is 3. The number of nitrogens with zero attached hydrogens (tertiary/aromatic N) is 3. The lowest BCUT2D eigenvalue weighted by molar-refractivity contribution is -0.116. The second-order valence-corrected chi connectivity index (χ2v) is 19.0. The van der Waals surface area contributed by atoms with Crippen molar-refractivity contribution in [3.8, 4) is 11.3 Å². The van der Waals surface area contributed by atoms with E-state index >= 15 is 0 Å². The number of cyclic esters (lactones) is 1. The Labute approximate surface area is 281 Å². The maximum atomic E-state index is 13.7. The third-order valence-electron chi connectivity index (χ3n) is 8.10. The van der Waals surface area contributed by atoms with Crippen molar-refractivity contribution in [3.63, 3.8) is 0 Å². The molecule has 2 atom stereocenters. The summed E-state index contributed by atoms with van der Waals surface area (Å²) in [5.74, 6) is 0.465. The van der Waals surface area contributed by atoms with Gasteiger partial charge in [0.1, 0.15) is 18.7 Å². The Morgan fingerprint density at radius 3 is 2.74 bits per heavy atom. The summed E-state index contributed by atoms with van der Waals surface area (Å²) in [6.45, 7) is 8.21. The number of aromatic nitrogens is 2. The molecule has 47 heavy (non-hydrogen) atoms. The number of rotatable bonds is 8. The van der Waals surface area contributed by atoms with Crippen molar-refractivity contribution in [2.45, 2.75) is 70.2 Å². The van der Waals surface area contributed by atoms with Gasteiger partial charge < -0.3 is 24.1 Å². The Morgan fingerprint density at radius 2 is 2.00 bits per heavy atom. The van der Waals surface area contributed by atoms with Crippen molar-refractivity contribution >= 4 is 49.1 Å². The molecular weight excluding hydrogens is 638 g/mol. The van der Waals surface area contributed by atoms with Gasteiger partial charge in [-0.25, -0.2) is 14.6 Å². The first-order valence-electron chi connectivity index (χ1n) is 15.8. The fourth-order valence-electron chi connectivity index (χ4n) is 5.55. The molecule has 2 aromatic carbocycles. The third-order valence-corrected chi connectivity index (χ3v) is 10.0. The van der Waals surface area contributed by atoms with Gasteiger partial charge in [0.05, 0.1) is 24.5 Å². The number of allylic oxidation sites excluding steroid dienone is 1. The lowest BCUT2D eigenvalue weighted by Gasteiger charge is -2.36. The molecule has 0 saturated carbocycles. The number of fused-ring (bicyclic) bond motifs is 4. The van der Waals surface area contributed by atoms with E-state index in [-0.39, 0.29) is 19.1 Å². The molecule has 0 radical (unpaired) electrons. The molecule has 1 aromatic heterocycles. The van der Waals surface area contributed by atoms with Crippen LogP contribution in [0.3, 0.4) is 0 Å². The molecule has 1 unspecified atom stereocenters. The predicted molar refractivity (Wildman–Crippen MR) is 184 cm³/mol. The summed E-state index contributed by atoms with van der Waals surface area (Å²) in [5.41, 5.74) is 3.04. The number of methoxy groups -OCH3 is 1. The number of halogens is 1. The van der Waals surface area contributed by atoms with E-state index in [2.05, 4.69) is 30.3 Å². The minimum Gasteiger partial charge on any atom is -0.453 e. The second kappa shape index (κ2) is 15.2. The Kier molecular flexibility index (Phi) is 11.0. The lowest BCUT2D eigenvalue weighted by Crippen LogP contribution is -2.42. The number of hydrogen-bond acceptors (Lipinski definition) is 7. The Bertz CT molecular complexity index is 1640. The molecule has 3 amide bonds. The molecule has 3 heterocycles. The SMILES string of the molecule is COC(=O)Nc1ccc2c(c1)NC(=O)CCC=CC[C@H](N1CCC(c3cccc(Cl)c3)OC1=O)c1nc-2cn1COCC[Si](C)(C)C. The monoisotopic (exact) mass is 679 g/mol. The molecule has 0 spiro atoms. The minimum absolute atomic E-state index is 0.178. The highest BCUT2D eigenvalue weighted by molar-refractivity contribution is 6.76. The number of ether oxygens (including phenoxy) is 3. The summed E-state index contributed by atoms with van der Waals surface area (Å²) in [6, 6.07) is 13.1. The molecule has 11 nitrogen and oxygen atoms in total. The largest absolute Gasteiger partial charge is 0.453 e. The van der Waals surface area contributed by atoms with Crippen molar-refractivity contribution in [2.24, 2.45) is 0 Å². The molecule has 1 fully saturated rings. The molecule has 2 N–H and O–H groups in total. The lowest BCUT2D eigenvalue weighted by atomic mass is 10.0. The summed E-state index contributed by atoms with van der Waals surface area (Å²) < 4.78 is 18.8. The van der Waals surface area contributed by atoms with Crippen LogP contribution in [0.25, 0.3) is 11.3 Å². The van der Waals surface area contributed by atoms with Gasteiger partial charge in [0, 0.05) is 56.5 Å². The summed E-state index contributed by atoms with van der Waals surface area (Å²) in [4.78, 5) is 45.4. The smallest absolute Gasteiger partial charge is 0.411 e. The van der Waals surface area contributed by atoms with Crippen molar-refractivity contribution in [1.82, 2.24) is 14.5 Å². The van der Waals surface area contributed by atoms with Crippen LogP contribution in [-0.4, -0.2) is 60.9 Å². The van der Waals surface area contributed by atoms with Crippen LogP contribution in [0.4, 0.5) is 21.0 Å². The Balaban J connectivity index is 1.52. The average Bonchev–Trinajstić information content (AvgIpc) is 3.44. The first-order valence-corrected chi connectivity index (χ1v) is 19.9. The van der Waals surface area contributed by atoms with E-state index in [1.54, 1.807) is 29.2 Å². The van der Waals surface area contributed by atoms with Crippen LogP contribution < -0.4 is 10.6 Å². The van der Waals surface area contributed by atoms with Gasteiger partial charge >= 0.3 is 12.2 Å². The normalized spacial score (nSPS) is 18.6. The van der Waals surface area contributed by atoms with Gasteiger partial charge in [0.15, 0.2) is 0 Å². The minimum atomic E-state index is -1.32. The molecular formula is C34H42ClN5O6Si. The molecule has 3 aromatic rings. The van der Waals surface area contributed by atoms with E-state index in [1.165, 1.54) is 7.11 Å². The van der Waals surface area contributed by atoms with Crippen LogP contribution in [0.1, 0.15) is 49.2 Å². The molecule has 1 saturated heterocycles. The zero-order valence-electron chi connectivity index (χ0n) is 27.3. The fraction of sp³-hybridized carbons (Fsp3) is 0.412. The molecule has 0 aliphatic carbocycles. The summed E-state index contributed by atoms with van der Waals surface area (Å²) in [6.07, 6.45) is 6.18. The second-order valence-electron chi connectivity index (χ2n) is 12.9. The Morgan fingerprint density at radius 1 is 1.17 bits per heavy atom. The molecule has 250 valence electrons. The van der Waals surface area contributed by atoms with Gasteiger partial charge in [-0.1, -0.05) is 55.5 Å².